The molecule has 0 saturated carbocycles. The summed E-state index contributed by atoms with van der Waals surface area (Å²) in [7, 11) is 0. The highest BCUT2D eigenvalue weighted by Gasteiger charge is 1.98. The highest BCUT2D eigenvalue weighted by molar-refractivity contribution is 7.09. The molecule has 0 aromatic carbocycles. The summed E-state index contributed by atoms with van der Waals surface area (Å²) in [5.41, 5.74) is 1.75. The van der Waals surface area contributed by atoms with Gasteiger partial charge < -0.3 is 5.32 Å². The van der Waals surface area contributed by atoms with Crippen LogP contribution in [0.2, 0.25) is 0 Å². The first-order chi connectivity index (χ1) is 6.84. The molecule has 14 heavy (non-hydrogen) atoms. The van der Waals surface area contributed by atoms with Gasteiger partial charge in [0, 0.05) is 17.1 Å². The molecule has 0 bridgehead atoms. The van der Waals surface area contributed by atoms with Crippen LogP contribution >= 0.6 is 11.3 Å². The number of nitrogens with one attached hydrogen (secondary N) is 1. The number of anilines is 1. The molecular formula is C8H7FN4S. The van der Waals surface area contributed by atoms with E-state index in [-0.39, 0.29) is 0 Å². The molecule has 2 rings (SSSR count). The van der Waals surface area contributed by atoms with Crippen LogP contribution in [-0.4, -0.2) is 15.0 Å². The first kappa shape index (κ1) is 9.01. The third-order valence-corrected chi connectivity index (χ3v) is 2.34. The van der Waals surface area contributed by atoms with Gasteiger partial charge in [-0.1, -0.05) is 0 Å². The Balaban J connectivity index is 1.98. The molecule has 2 aromatic rings. The lowest BCUT2D eigenvalue weighted by Gasteiger charge is -2.01. The second-order valence-electron chi connectivity index (χ2n) is 2.55. The van der Waals surface area contributed by atoms with Crippen LogP contribution in [0, 0.1) is 5.95 Å². The van der Waals surface area contributed by atoms with Crippen LogP contribution in [0.15, 0.2) is 24.1 Å². The van der Waals surface area contributed by atoms with E-state index in [1.165, 1.54) is 23.7 Å². The van der Waals surface area contributed by atoms with Gasteiger partial charge in [0.05, 0.1) is 12.1 Å². The zero-order chi connectivity index (χ0) is 9.80. The topological polar surface area (TPSA) is 50.7 Å². The largest absolute Gasteiger partial charge is 0.365 e. The van der Waals surface area contributed by atoms with Crippen LogP contribution in [0.3, 0.4) is 0 Å². The maximum Gasteiger partial charge on any atom is 0.217 e. The molecule has 4 nitrogen and oxygen atoms in total. The molecule has 2 aromatic heterocycles. The number of halogens is 1. The number of hydrogen-bond donors (Lipinski definition) is 1. The predicted molar refractivity (Wildman–Crippen MR) is 51.4 cm³/mol. The zero-order valence-electron chi connectivity index (χ0n) is 7.14. The van der Waals surface area contributed by atoms with Crippen molar-refractivity contribution < 1.29 is 4.39 Å². The van der Waals surface area contributed by atoms with E-state index < -0.39 is 5.95 Å². The highest BCUT2D eigenvalue weighted by Crippen LogP contribution is 2.09. The van der Waals surface area contributed by atoms with Gasteiger partial charge in [-0.15, -0.1) is 11.3 Å². The van der Waals surface area contributed by atoms with E-state index in [9.17, 15) is 4.39 Å². The summed E-state index contributed by atoms with van der Waals surface area (Å²) < 4.78 is 12.6. The summed E-state index contributed by atoms with van der Waals surface area (Å²) in [5, 5.41) is 2.97. The fourth-order valence-corrected chi connectivity index (χ4v) is 1.47. The van der Waals surface area contributed by atoms with Crippen LogP contribution in [0.4, 0.5) is 10.2 Å². The Morgan fingerprint density at radius 1 is 1.43 bits per heavy atom. The van der Waals surface area contributed by atoms with E-state index in [1.807, 2.05) is 0 Å². The standard InChI is InChI=1S/C8H7FN4S/c9-7-1-8(13-4-12-7)11-3-6-2-10-5-14-6/h1-2,4-5H,3H2,(H,11,12,13). The summed E-state index contributed by atoms with van der Waals surface area (Å²) in [6.45, 7) is 0.598. The summed E-state index contributed by atoms with van der Waals surface area (Å²) in [5.74, 6) is -0.0577. The SMILES string of the molecule is Fc1cc(NCc2cncs2)ncn1. The Morgan fingerprint density at radius 2 is 2.36 bits per heavy atom. The van der Waals surface area contributed by atoms with Gasteiger partial charge in [0.25, 0.3) is 0 Å². The third-order valence-electron chi connectivity index (χ3n) is 1.56. The summed E-state index contributed by atoms with van der Waals surface area (Å²) in [6.07, 6.45) is 2.94. The van der Waals surface area contributed by atoms with Gasteiger partial charge in [0.2, 0.25) is 5.95 Å². The van der Waals surface area contributed by atoms with Gasteiger partial charge in [-0.25, -0.2) is 9.97 Å². The Kier molecular flexibility index (Phi) is 2.64. The highest BCUT2D eigenvalue weighted by atomic mass is 32.1. The Bertz CT molecular complexity index is 403. The lowest BCUT2D eigenvalue weighted by molar-refractivity contribution is 0.580. The van der Waals surface area contributed by atoms with E-state index in [1.54, 1.807) is 11.7 Å². The number of hydrogen-bond acceptors (Lipinski definition) is 5. The average Bonchev–Trinajstić information content (AvgIpc) is 2.67. The Labute approximate surface area is 83.9 Å². The van der Waals surface area contributed by atoms with Gasteiger partial charge >= 0.3 is 0 Å². The fourth-order valence-electron chi connectivity index (χ4n) is 0.937. The van der Waals surface area contributed by atoms with Crippen molar-refractivity contribution in [2.75, 3.05) is 5.32 Å². The van der Waals surface area contributed by atoms with E-state index in [0.29, 0.717) is 12.4 Å². The molecule has 0 fully saturated rings. The Morgan fingerprint density at radius 3 is 3.07 bits per heavy atom. The monoisotopic (exact) mass is 210 g/mol. The summed E-state index contributed by atoms with van der Waals surface area (Å²) >= 11 is 1.54. The van der Waals surface area contributed by atoms with Gasteiger partial charge in [-0.3, -0.25) is 4.98 Å². The van der Waals surface area contributed by atoms with Crippen molar-refractivity contribution in [2.24, 2.45) is 0 Å². The maximum atomic E-state index is 12.6. The van der Waals surface area contributed by atoms with E-state index in [4.69, 9.17) is 0 Å². The molecule has 1 N–H and O–H groups in total. The normalized spacial score (nSPS) is 10.1. The van der Waals surface area contributed by atoms with Gasteiger partial charge in [-0.2, -0.15) is 4.39 Å². The second-order valence-corrected chi connectivity index (χ2v) is 3.52. The molecule has 0 saturated heterocycles. The number of thiazole rings is 1. The molecule has 0 aliphatic rings. The second kappa shape index (κ2) is 4.10. The number of rotatable bonds is 3. The van der Waals surface area contributed by atoms with Gasteiger partial charge in [0.15, 0.2) is 0 Å². The molecule has 2 heterocycles. The van der Waals surface area contributed by atoms with Crippen molar-refractivity contribution in [1.82, 2.24) is 15.0 Å². The first-order valence-electron chi connectivity index (χ1n) is 3.93. The summed E-state index contributed by atoms with van der Waals surface area (Å²) in [6, 6.07) is 1.25. The fraction of sp³-hybridized carbons (Fsp3) is 0.125. The van der Waals surface area contributed by atoms with Crippen molar-refractivity contribution in [3.05, 3.63) is 34.9 Å². The minimum atomic E-state index is -0.535. The van der Waals surface area contributed by atoms with Gasteiger partial charge in [0.1, 0.15) is 12.1 Å². The molecular weight excluding hydrogens is 203 g/mol. The van der Waals surface area contributed by atoms with Crippen LogP contribution in [-0.2, 0) is 6.54 Å². The van der Waals surface area contributed by atoms with Crippen molar-refractivity contribution in [3.8, 4) is 0 Å². The molecule has 0 radical (unpaired) electrons. The predicted octanol–water partition coefficient (Wildman–Crippen LogP) is 1.68. The average molecular weight is 210 g/mol. The Hall–Kier alpha value is -1.56. The first-order valence-corrected chi connectivity index (χ1v) is 4.81. The molecule has 6 heteroatoms. The number of nitrogens with zero attached hydrogens (tertiary/aromatic N) is 3. The van der Waals surface area contributed by atoms with Crippen molar-refractivity contribution >= 4 is 17.2 Å². The molecule has 0 amide bonds. The minimum absolute atomic E-state index is 0.478. The lowest BCUT2D eigenvalue weighted by atomic mass is 10.5. The van der Waals surface area contributed by atoms with Crippen molar-refractivity contribution in [1.29, 1.82) is 0 Å². The number of aromatic nitrogens is 3. The van der Waals surface area contributed by atoms with E-state index in [0.717, 1.165) is 4.88 Å². The third kappa shape index (κ3) is 2.23. The minimum Gasteiger partial charge on any atom is -0.365 e. The van der Waals surface area contributed by atoms with Crippen LogP contribution in [0.1, 0.15) is 4.88 Å². The van der Waals surface area contributed by atoms with Crippen molar-refractivity contribution in [2.45, 2.75) is 6.54 Å². The smallest absolute Gasteiger partial charge is 0.217 e. The zero-order valence-corrected chi connectivity index (χ0v) is 7.96. The molecule has 0 aliphatic carbocycles. The molecule has 0 spiro atoms. The van der Waals surface area contributed by atoms with Crippen LogP contribution < -0.4 is 5.32 Å². The van der Waals surface area contributed by atoms with Gasteiger partial charge in [-0.05, 0) is 0 Å². The maximum absolute atomic E-state index is 12.6. The van der Waals surface area contributed by atoms with Crippen molar-refractivity contribution in [3.63, 3.8) is 0 Å². The summed E-state index contributed by atoms with van der Waals surface area (Å²) in [4.78, 5) is 12.2. The quantitative estimate of drug-likeness (QED) is 0.783. The molecule has 0 unspecified atom stereocenters. The molecule has 0 aliphatic heterocycles. The molecule has 0 atom stereocenters. The van der Waals surface area contributed by atoms with Crippen LogP contribution in [0.5, 0.6) is 0 Å². The van der Waals surface area contributed by atoms with E-state index in [2.05, 4.69) is 20.3 Å². The molecule has 72 valence electrons. The lowest BCUT2D eigenvalue weighted by Crippen LogP contribution is -2.00. The van der Waals surface area contributed by atoms with E-state index >= 15 is 0 Å². The van der Waals surface area contributed by atoms with Crippen LogP contribution in [0.25, 0.3) is 0 Å².